The average Bonchev–Trinajstić information content (AvgIpc) is 4.01. The van der Waals surface area contributed by atoms with Crippen molar-refractivity contribution in [3.63, 3.8) is 0 Å². The Morgan fingerprint density at radius 1 is 1.17 bits per heavy atom. The Morgan fingerprint density at radius 3 is 2.64 bits per heavy atom. The number of pyridine rings is 1. The highest BCUT2D eigenvalue weighted by Crippen LogP contribution is 2.48. The lowest BCUT2D eigenvalue weighted by Gasteiger charge is -2.33. The van der Waals surface area contributed by atoms with Gasteiger partial charge in [0.15, 0.2) is 0 Å². The van der Waals surface area contributed by atoms with Gasteiger partial charge in [0.25, 0.3) is 5.91 Å². The number of carbonyl (C=O) groups is 4. The van der Waals surface area contributed by atoms with Crippen molar-refractivity contribution in [2.45, 2.75) is 113 Å². The molecule has 2 saturated carbocycles. The molecular formula is C38H49N5O9S. The zero-order valence-electron chi connectivity index (χ0n) is 30.4. The molecule has 7 rings (SSSR count). The first-order valence-corrected chi connectivity index (χ1v) is 20.3. The minimum atomic E-state index is -4.00. The first kappa shape index (κ1) is 36.9. The van der Waals surface area contributed by atoms with Crippen LogP contribution in [-0.4, -0.2) is 88.8 Å². The van der Waals surface area contributed by atoms with Gasteiger partial charge in [0, 0.05) is 23.3 Å². The van der Waals surface area contributed by atoms with E-state index in [1.807, 2.05) is 43.3 Å². The van der Waals surface area contributed by atoms with Crippen molar-refractivity contribution >= 4 is 44.6 Å². The predicted octanol–water partition coefficient (Wildman–Crippen LogP) is 3.82. The summed E-state index contributed by atoms with van der Waals surface area (Å²) in [6, 6.07) is 5.40. The molecule has 0 unspecified atom stereocenters. The summed E-state index contributed by atoms with van der Waals surface area (Å²) in [5, 5.41) is 16.9. The maximum Gasteiger partial charge on any atom is 0.405 e. The Hall–Kier alpha value is -4.40. The number of hydrogen-bond donors (Lipinski definition) is 4. The molecule has 0 spiro atoms. The third-order valence-electron chi connectivity index (χ3n) is 11.9. The van der Waals surface area contributed by atoms with Crippen LogP contribution in [0.15, 0.2) is 36.4 Å². The molecule has 1 aromatic carbocycles. The molecule has 7 atom stereocenters. The van der Waals surface area contributed by atoms with Crippen molar-refractivity contribution in [2.24, 2.45) is 17.8 Å². The molecular weight excluding hydrogens is 703 g/mol. The maximum absolute atomic E-state index is 14.6. The van der Waals surface area contributed by atoms with E-state index in [2.05, 4.69) is 22.3 Å². The van der Waals surface area contributed by atoms with Gasteiger partial charge in [-0.25, -0.2) is 13.2 Å². The number of aromatic nitrogens is 1. The van der Waals surface area contributed by atoms with Crippen LogP contribution >= 0.6 is 0 Å². The summed E-state index contributed by atoms with van der Waals surface area (Å²) in [5.41, 5.74) is -0.548. The molecule has 286 valence electrons. The number of benzene rings is 1. The van der Waals surface area contributed by atoms with Crippen molar-refractivity contribution in [1.82, 2.24) is 25.2 Å². The van der Waals surface area contributed by atoms with Gasteiger partial charge in [0.2, 0.25) is 33.6 Å². The Morgan fingerprint density at radius 2 is 1.92 bits per heavy atom. The van der Waals surface area contributed by atoms with E-state index in [1.165, 1.54) is 4.90 Å². The number of nitrogens with zero attached hydrogens (tertiary/aromatic N) is 2. The Labute approximate surface area is 309 Å². The predicted molar refractivity (Wildman–Crippen MR) is 195 cm³/mol. The standard InChI is InChI=1S/C38H49N5O9S/c1-4-23-18-22(2)10-5-6-11-24-20-38(24,35(46)42-53(49,50)37(3)15-16-37)41-31(44)29-19-25(21-43(29)34(45)30(23)39-36(47)48)52-33-28-13-8-7-12-26(28)27-14-9-17-51-32(27)40-33/h6-8,11-13,22-25,29-30,39H,4-5,9-10,14-21H2,1-3H3,(H,41,44)(H,42,46)(H,47,48)/t22-,23+,24+,25+,29-,30-,38+/m0/s1. The van der Waals surface area contributed by atoms with Gasteiger partial charge in [0.05, 0.1) is 17.9 Å². The van der Waals surface area contributed by atoms with Gasteiger partial charge in [0.1, 0.15) is 23.7 Å². The smallest absolute Gasteiger partial charge is 0.405 e. The molecule has 2 aliphatic carbocycles. The summed E-state index contributed by atoms with van der Waals surface area (Å²) in [4.78, 5) is 61.1. The van der Waals surface area contributed by atoms with E-state index in [1.54, 1.807) is 6.92 Å². The SMILES string of the molecule is CC[C@@H]1C[C@@H](C)CCC=C[C@@H]2C[C@@]2(C(=O)NS(=O)(=O)C2(C)CC2)NC(=O)[C@@H]2C[C@@H](Oc3nc4c(c5ccccc35)CCCO4)CN2C(=O)[C@H]1NC(=O)O. The third kappa shape index (κ3) is 7.16. The van der Waals surface area contributed by atoms with Crippen molar-refractivity contribution in [3.05, 3.63) is 42.0 Å². The lowest BCUT2D eigenvalue weighted by atomic mass is 9.85. The summed E-state index contributed by atoms with van der Waals surface area (Å²) in [7, 11) is -4.00. The number of amides is 4. The molecule has 4 heterocycles. The number of carboxylic acid groups (broad SMARTS) is 1. The number of rotatable bonds is 7. The highest BCUT2D eigenvalue weighted by Gasteiger charge is 2.63. The van der Waals surface area contributed by atoms with Gasteiger partial charge in [-0.05, 0) is 81.6 Å². The fourth-order valence-corrected chi connectivity index (χ4v) is 9.55. The molecule has 3 fully saturated rings. The van der Waals surface area contributed by atoms with E-state index in [0.29, 0.717) is 50.5 Å². The number of allylic oxidation sites excluding steroid dienone is 1. The first-order chi connectivity index (χ1) is 25.2. The fourth-order valence-electron chi connectivity index (χ4n) is 8.24. The molecule has 5 aliphatic rings. The Bertz CT molecular complexity index is 1950. The van der Waals surface area contributed by atoms with Gasteiger partial charge >= 0.3 is 6.09 Å². The van der Waals surface area contributed by atoms with Crippen LogP contribution in [0.1, 0.15) is 84.1 Å². The third-order valence-corrected chi connectivity index (χ3v) is 14.1. The van der Waals surface area contributed by atoms with E-state index in [-0.39, 0.29) is 31.2 Å². The highest BCUT2D eigenvalue weighted by atomic mass is 32.2. The van der Waals surface area contributed by atoms with Crippen molar-refractivity contribution in [1.29, 1.82) is 0 Å². The van der Waals surface area contributed by atoms with Gasteiger partial charge < -0.3 is 30.1 Å². The molecule has 2 aromatic rings. The summed E-state index contributed by atoms with van der Waals surface area (Å²) >= 11 is 0. The lowest BCUT2D eigenvalue weighted by Crippen LogP contribution is -2.59. The van der Waals surface area contributed by atoms with E-state index in [0.717, 1.165) is 35.6 Å². The molecule has 15 heteroatoms. The van der Waals surface area contributed by atoms with Crippen LogP contribution in [0.5, 0.6) is 11.8 Å². The minimum Gasteiger partial charge on any atom is -0.477 e. The second-order valence-electron chi connectivity index (χ2n) is 15.8. The van der Waals surface area contributed by atoms with Crippen LogP contribution in [0.4, 0.5) is 4.79 Å². The second kappa shape index (κ2) is 14.1. The number of aryl methyl sites for hydroxylation is 1. The largest absolute Gasteiger partial charge is 0.477 e. The number of carbonyl (C=O) groups excluding carboxylic acids is 3. The quantitative estimate of drug-likeness (QED) is 0.303. The van der Waals surface area contributed by atoms with Gasteiger partial charge in [-0.2, -0.15) is 4.98 Å². The Balaban J connectivity index is 1.24. The van der Waals surface area contributed by atoms with Crippen LogP contribution in [-0.2, 0) is 30.8 Å². The summed E-state index contributed by atoms with van der Waals surface area (Å²) in [6.07, 6.45) is 6.97. The van der Waals surface area contributed by atoms with Crippen molar-refractivity contribution in [2.75, 3.05) is 13.2 Å². The van der Waals surface area contributed by atoms with E-state index >= 15 is 0 Å². The van der Waals surface area contributed by atoms with Crippen LogP contribution in [0, 0.1) is 17.8 Å². The molecule has 4 N–H and O–H groups in total. The molecule has 0 radical (unpaired) electrons. The van der Waals surface area contributed by atoms with Gasteiger partial charge in [-0.15, -0.1) is 0 Å². The van der Waals surface area contributed by atoms with Gasteiger partial charge in [-0.1, -0.05) is 50.6 Å². The maximum atomic E-state index is 14.6. The average molecular weight is 752 g/mol. The monoisotopic (exact) mass is 751 g/mol. The van der Waals surface area contributed by atoms with Crippen LogP contribution in [0.2, 0.25) is 0 Å². The zero-order chi connectivity index (χ0) is 37.7. The number of hydrogen-bond acceptors (Lipinski definition) is 9. The summed E-state index contributed by atoms with van der Waals surface area (Å²) < 4.78 is 40.0. The van der Waals surface area contributed by atoms with E-state index < -0.39 is 68.2 Å². The lowest BCUT2D eigenvalue weighted by molar-refractivity contribution is -0.142. The topological polar surface area (TPSA) is 193 Å². The molecule has 1 saturated heterocycles. The fraction of sp³-hybridized carbons (Fsp3) is 0.605. The molecule has 3 aliphatic heterocycles. The van der Waals surface area contributed by atoms with Crippen LogP contribution < -0.4 is 24.8 Å². The van der Waals surface area contributed by atoms with E-state index in [4.69, 9.17) is 14.5 Å². The molecule has 53 heavy (non-hydrogen) atoms. The second-order valence-corrected chi connectivity index (χ2v) is 18.0. The number of fused-ring (bicyclic) bond motifs is 5. The van der Waals surface area contributed by atoms with Crippen molar-refractivity contribution in [3.8, 4) is 11.8 Å². The van der Waals surface area contributed by atoms with Crippen LogP contribution in [0.3, 0.4) is 0 Å². The zero-order valence-corrected chi connectivity index (χ0v) is 31.2. The number of ether oxygens (including phenoxy) is 2. The molecule has 4 amide bonds. The summed E-state index contributed by atoms with van der Waals surface area (Å²) in [6.45, 7) is 6.02. The molecule has 14 nitrogen and oxygen atoms in total. The van der Waals surface area contributed by atoms with E-state index in [9.17, 15) is 32.7 Å². The normalized spacial score (nSPS) is 31.0. The molecule has 1 aromatic heterocycles. The molecule has 0 bridgehead atoms. The van der Waals surface area contributed by atoms with Gasteiger partial charge in [-0.3, -0.25) is 19.1 Å². The minimum absolute atomic E-state index is 0.0209. The number of sulfonamides is 1. The summed E-state index contributed by atoms with van der Waals surface area (Å²) in [5.74, 6) is -1.92. The number of nitrogens with one attached hydrogen (secondary N) is 3. The van der Waals surface area contributed by atoms with Crippen LogP contribution in [0.25, 0.3) is 10.8 Å². The Kier molecular flexibility index (Phi) is 9.83. The highest BCUT2D eigenvalue weighted by molar-refractivity contribution is 7.91. The van der Waals surface area contributed by atoms with Crippen molar-refractivity contribution < 1.29 is 42.2 Å². The first-order valence-electron chi connectivity index (χ1n) is 18.8.